The van der Waals surface area contributed by atoms with Crippen LogP contribution >= 0.6 is 69.6 Å². The number of hydrogen-bond donors (Lipinski definition) is 0. The molecule has 0 aliphatic carbocycles. The Kier molecular flexibility index (Phi) is 4.88. The van der Waals surface area contributed by atoms with E-state index >= 15 is 0 Å². The van der Waals surface area contributed by atoms with E-state index in [9.17, 15) is 4.79 Å². The summed E-state index contributed by atoms with van der Waals surface area (Å²) in [6.45, 7) is 0. The minimum Gasteiger partial charge on any atom is -0.444 e. The van der Waals surface area contributed by atoms with Crippen molar-refractivity contribution in [1.29, 1.82) is 0 Å². The highest BCUT2D eigenvalue weighted by molar-refractivity contribution is 6.69. The van der Waals surface area contributed by atoms with Gasteiger partial charge in [-0.05, 0) is 58.5 Å². The highest BCUT2D eigenvalue weighted by Crippen LogP contribution is 2.37. The summed E-state index contributed by atoms with van der Waals surface area (Å²) < 4.78 is 2.88. The molecule has 1 rings (SSSR count). The number of carbonyl (C=O) groups is 1. The molecule has 88 valence electrons. The Morgan fingerprint density at radius 2 is 1.69 bits per heavy atom. The minimum absolute atomic E-state index is 0.00457. The lowest BCUT2D eigenvalue weighted by molar-refractivity contribution is 0.108. The maximum Gasteiger partial charge on any atom is 0.338 e. The van der Waals surface area contributed by atoms with Gasteiger partial charge in [0, 0.05) is 0 Å². The summed E-state index contributed by atoms with van der Waals surface area (Å²) in [5.41, 5.74) is 0.0111. The Morgan fingerprint density at radius 1 is 1.12 bits per heavy atom. The zero-order valence-corrected chi connectivity index (χ0v) is 11.8. The van der Waals surface area contributed by atoms with Crippen LogP contribution in [0.5, 0.6) is 5.75 Å². The fourth-order valence-corrected chi connectivity index (χ4v) is 1.84. The van der Waals surface area contributed by atoms with E-state index in [1.165, 1.54) is 12.1 Å². The van der Waals surface area contributed by atoms with Crippen molar-refractivity contribution in [2.24, 2.45) is 0 Å². The molecule has 0 atom stereocenters. The Balaban J connectivity index is 3.20. The van der Waals surface area contributed by atoms with E-state index in [2.05, 4.69) is 0 Å². The largest absolute Gasteiger partial charge is 0.444 e. The van der Waals surface area contributed by atoms with E-state index in [4.69, 9.17) is 74.3 Å². The van der Waals surface area contributed by atoms with Gasteiger partial charge < -0.3 is 4.74 Å². The highest BCUT2D eigenvalue weighted by Gasteiger charge is 2.24. The average Bonchev–Trinajstić information content (AvgIpc) is 2.07. The molecule has 0 unspecified atom stereocenters. The van der Waals surface area contributed by atoms with Crippen molar-refractivity contribution >= 4 is 74.8 Å². The van der Waals surface area contributed by atoms with Crippen LogP contribution in [0.4, 0.5) is 0 Å². The lowest BCUT2D eigenvalue weighted by atomic mass is 10.2. The monoisotopic (exact) mass is 340 g/mol. The zero-order chi connectivity index (χ0) is 12.5. The summed E-state index contributed by atoms with van der Waals surface area (Å²) in [4.78, 5) is 11.0. The number of ether oxygens (including phenoxy) is 1. The van der Waals surface area contributed by atoms with Crippen molar-refractivity contribution in [3.63, 3.8) is 0 Å². The van der Waals surface area contributed by atoms with E-state index < -0.39 is 9.22 Å². The number of rotatable bonds is 2. The second-order valence-corrected chi connectivity index (χ2v) is 5.92. The van der Waals surface area contributed by atoms with Gasteiger partial charge in [0.05, 0.1) is 15.6 Å². The molecule has 0 saturated carbocycles. The predicted molar refractivity (Wildman–Crippen MR) is 67.6 cm³/mol. The van der Waals surface area contributed by atoms with Gasteiger partial charge in [0.15, 0.2) is 0 Å². The fraction of sp³-hybridized carbons (Fsp3) is 0.125. The van der Waals surface area contributed by atoms with Gasteiger partial charge in [-0.1, -0.05) is 23.2 Å². The van der Waals surface area contributed by atoms with Crippen LogP contribution in [-0.4, -0.2) is 9.22 Å². The maximum absolute atomic E-state index is 11.0. The van der Waals surface area contributed by atoms with Gasteiger partial charge in [0.25, 0.3) is 5.24 Å². The lowest BCUT2D eigenvalue weighted by Gasteiger charge is -2.15. The van der Waals surface area contributed by atoms with Crippen LogP contribution in [0.25, 0.3) is 0 Å². The van der Waals surface area contributed by atoms with Crippen molar-refractivity contribution in [2.75, 3.05) is 0 Å². The van der Waals surface area contributed by atoms with E-state index in [-0.39, 0.29) is 21.4 Å². The molecule has 0 saturated heterocycles. The summed E-state index contributed by atoms with van der Waals surface area (Å²) in [6, 6.07) is 2.46. The average molecular weight is 343 g/mol. The van der Waals surface area contributed by atoms with Gasteiger partial charge in [-0.15, -0.1) is 0 Å². The van der Waals surface area contributed by atoms with Crippen LogP contribution in [0.15, 0.2) is 12.1 Å². The summed E-state index contributed by atoms with van der Waals surface area (Å²) in [6.07, 6.45) is 0. The molecule has 0 bridgehead atoms. The summed E-state index contributed by atoms with van der Waals surface area (Å²) in [5.74, 6) is -0.00457. The van der Waals surface area contributed by atoms with Crippen LogP contribution in [0.2, 0.25) is 10.0 Å². The van der Waals surface area contributed by atoms with Crippen LogP contribution in [0.1, 0.15) is 10.4 Å². The molecule has 0 aliphatic heterocycles. The quantitative estimate of drug-likeness (QED) is 0.553. The number of halogens is 6. The van der Waals surface area contributed by atoms with Crippen molar-refractivity contribution < 1.29 is 9.53 Å². The van der Waals surface area contributed by atoms with E-state index in [0.717, 1.165) is 0 Å². The fourth-order valence-electron chi connectivity index (χ4n) is 0.883. The van der Waals surface area contributed by atoms with Crippen molar-refractivity contribution in [2.45, 2.75) is 3.98 Å². The van der Waals surface area contributed by atoms with Crippen molar-refractivity contribution in [3.05, 3.63) is 27.7 Å². The Labute approximate surface area is 121 Å². The number of alkyl halides is 3. The van der Waals surface area contributed by atoms with E-state index in [0.29, 0.717) is 0 Å². The van der Waals surface area contributed by atoms with Gasteiger partial charge in [0.2, 0.25) is 0 Å². The number of carbonyl (C=O) groups excluding carboxylic acids is 1. The molecular formula is C8H2Cl6O2. The lowest BCUT2D eigenvalue weighted by Crippen LogP contribution is -2.13. The third kappa shape index (κ3) is 4.02. The van der Waals surface area contributed by atoms with Gasteiger partial charge in [-0.3, -0.25) is 4.79 Å². The molecule has 0 fully saturated rings. The summed E-state index contributed by atoms with van der Waals surface area (Å²) in [5, 5.41) is -0.588. The summed E-state index contributed by atoms with van der Waals surface area (Å²) >= 11 is 33.0. The first-order chi connectivity index (χ1) is 7.20. The highest BCUT2D eigenvalue weighted by atomic mass is 35.6. The Morgan fingerprint density at radius 3 is 2.12 bits per heavy atom. The minimum atomic E-state index is -2.00. The van der Waals surface area contributed by atoms with Crippen LogP contribution in [0.3, 0.4) is 0 Å². The molecule has 16 heavy (non-hydrogen) atoms. The molecule has 0 heterocycles. The molecule has 0 N–H and O–H groups in total. The van der Waals surface area contributed by atoms with Crippen molar-refractivity contribution in [1.82, 2.24) is 0 Å². The topological polar surface area (TPSA) is 26.3 Å². The van der Waals surface area contributed by atoms with Crippen LogP contribution < -0.4 is 4.74 Å². The zero-order valence-electron chi connectivity index (χ0n) is 7.24. The van der Waals surface area contributed by atoms with Gasteiger partial charge in [-0.2, -0.15) is 0 Å². The third-order valence-corrected chi connectivity index (χ3v) is 2.50. The molecule has 0 aliphatic rings. The molecule has 8 heteroatoms. The Bertz CT molecular complexity index is 425. The smallest absolute Gasteiger partial charge is 0.338 e. The number of benzene rings is 1. The third-order valence-electron chi connectivity index (χ3n) is 1.46. The molecule has 0 amide bonds. The second-order valence-electron chi connectivity index (χ2n) is 2.58. The molecule has 1 aromatic carbocycles. The molecular weight excluding hydrogens is 341 g/mol. The number of hydrogen-bond acceptors (Lipinski definition) is 2. The van der Waals surface area contributed by atoms with Crippen LogP contribution in [-0.2, 0) is 0 Å². The second kappa shape index (κ2) is 5.38. The first kappa shape index (κ1) is 14.5. The molecule has 0 radical (unpaired) electrons. The molecule has 2 nitrogen and oxygen atoms in total. The van der Waals surface area contributed by atoms with Gasteiger partial charge >= 0.3 is 3.98 Å². The Hall–Kier alpha value is 0.430. The van der Waals surface area contributed by atoms with Crippen molar-refractivity contribution in [3.8, 4) is 5.75 Å². The van der Waals surface area contributed by atoms with Gasteiger partial charge in [-0.25, -0.2) is 0 Å². The van der Waals surface area contributed by atoms with E-state index in [1.807, 2.05) is 0 Å². The summed E-state index contributed by atoms with van der Waals surface area (Å²) in [7, 11) is 0. The normalized spacial score (nSPS) is 11.4. The van der Waals surface area contributed by atoms with Crippen LogP contribution in [0, 0.1) is 0 Å². The molecule has 0 aromatic heterocycles. The SMILES string of the molecule is O=C(Cl)c1cc(OC(Cl)(Cl)Cl)c(Cl)cc1Cl. The van der Waals surface area contributed by atoms with E-state index in [1.54, 1.807) is 0 Å². The standard InChI is InChI=1S/C8H2Cl6O2/c9-4-2-5(10)6(16-8(12,13)14)1-3(4)7(11)15/h1-2H. The van der Waals surface area contributed by atoms with Gasteiger partial charge in [0.1, 0.15) is 5.75 Å². The molecule has 0 spiro atoms. The predicted octanol–water partition coefficient (Wildman–Crippen LogP) is 5.08. The first-order valence-corrected chi connectivity index (χ1v) is 5.92. The first-order valence-electron chi connectivity index (χ1n) is 3.65. The molecule has 1 aromatic rings. The maximum atomic E-state index is 11.0.